The lowest BCUT2D eigenvalue weighted by Gasteiger charge is -2.37. The van der Waals surface area contributed by atoms with Gasteiger partial charge in [0.15, 0.2) is 0 Å². The molecule has 0 unspecified atom stereocenters. The highest BCUT2D eigenvalue weighted by atomic mass is 16.6. The molecule has 3 amide bonds. The van der Waals surface area contributed by atoms with E-state index < -0.39 is 6.09 Å². The average Bonchev–Trinajstić information content (AvgIpc) is 3.71. The molecule has 2 heterocycles. The van der Waals surface area contributed by atoms with Crippen LogP contribution < -0.4 is 15.6 Å². The predicted octanol–water partition coefficient (Wildman–Crippen LogP) is 7.27. The van der Waals surface area contributed by atoms with Crippen LogP contribution >= 0.6 is 0 Å². The van der Waals surface area contributed by atoms with E-state index in [1.54, 1.807) is 23.4 Å². The van der Waals surface area contributed by atoms with Gasteiger partial charge in [-0.3, -0.25) is 9.59 Å². The third-order valence-corrected chi connectivity index (χ3v) is 9.27. The number of furan rings is 1. The van der Waals surface area contributed by atoms with Gasteiger partial charge in [-0.05, 0) is 86.5 Å². The summed E-state index contributed by atoms with van der Waals surface area (Å²) in [6, 6.07) is 28.6. The van der Waals surface area contributed by atoms with Gasteiger partial charge in [-0.25, -0.2) is 14.8 Å². The zero-order valence-corrected chi connectivity index (χ0v) is 30.6. The molecule has 11 heteroatoms. The number of phenolic OH excluding ortho intramolecular Hbond substituents is 1. The number of phenols is 1. The summed E-state index contributed by atoms with van der Waals surface area (Å²) < 4.78 is 11.0. The van der Waals surface area contributed by atoms with E-state index in [0.29, 0.717) is 45.6 Å². The molecule has 1 saturated heterocycles. The van der Waals surface area contributed by atoms with Crippen molar-refractivity contribution in [1.29, 1.82) is 0 Å². The molecule has 4 aromatic rings. The number of benzene rings is 3. The first-order valence-corrected chi connectivity index (χ1v) is 18.9. The van der Waals surface area contributed by atoms with Crippen molar-refractivity contribution in [2.45, 2.75) is 70.9 Å². The maximum absolute atomic E-state index is 13.6. The van der Waals surface area contributed by atoms with E-state index in [1.807, 2.05) is 88.8 Å². The van der Waals surface area contributed by atoms with Gasteiger partial charge in [-0.2, -0.15) is 0 Å². The Morgan fingerprint density at radius 2 is 1.57 bits per heavy atom. The number of carbonyl (C=O) groups is 3. The number of para-hydroxylation sites is 1. The molecule has 0 atom stereocenters. The van der Waals surface area contributed by atoms with Crippen LogP contribution in [-0.4, -0.2) is 72.3 Å². The largest absolute Gasteiger partial charge is 0.508 e. The predicted molar refractivity (Wildman–Crippen MR) is 206 cm³/mol. The molecule has 1 aromatic heterocycles. The van der Waals surface area contributed by atoms with Crippen LogP contribution in [0.25, 0.3) is 11.1 Å². The van der Waals surface area contributed by atoms with Gasteiger partial charge >= 0.3 is 6.09 Å². The lowest BCUT2D eigenvalue weighted by molar-refractivity contribution is -0.132. The van der Waals surface area contributed by atoms with Crippen LogP contribution in [0.4, 0.5) is 10.5 Å². The number of hydrogen-bond acceptors (Lipinski definition) is 8. The minimum absolute atomic E-state index is 0.0186. The number of unbranched alkanes of at least 4 members (excludes halogenated alkanes) is 2. The van der Waals surface area contributed by atoms with Crippen molar-refractivity contribution in [3.05, 3.63) is 109 Å². The first-order valence-electron chi connectivity index (χ1n) is 18.9. The molecule has 0 bridgehead atoms. The fourth-order valence-electron chi connectivity index (χ4n) is 6.44. The molecule has 282 valence electrons. The topological polar surface area (TPSA) is 128 Å². The third-order valence-electron chi connectivity index (χ3n) is 9.27. The van der Waals surface area contributed by atoms with E-state index in [2.05, 4.69) is 10.6 Å². The van der Waals surface area contributed by atoms with Gasteiger partial charge in [0.05, 0.1) is 24.9 Å². The maximum Gasteiger partial charge on any atom is 0.429 e. The highest BCUT2D eigenvalue weighted by Crippen LogP contribution is 2.33. The normalized spacial score (nSPS) is 13.0. The molecule has 1 aliphatic heterocycles. The van der Waals surface area contributed by atoms with Gasteiger partial charge in [0, 0.05) is 44.7 Å². The van der Waals surface area contributed by atoms with Crippen LogP contribution in [0.5, 0.6) is 5.75 Å². The summed E-state index contributed by atoms with van der Waals surface area (Å²) in [6.07, 6.45) is 7.90. The lowest BCUT2D eigenvalue weighted by Crippen LogP contribution is -2.49. The van der Waals surface area contributed by atoms with Crippen LogP contribution in [0, 0.1) is 0 Å². The Bertz CT molecular complexity index is 1680. The molecule has 3 aromatic carbocycles. The van der Waals surface area contributed by atoms with Crippen molar-refractivity contribution in [1.82, 2.24) is 20.5 Å². The number of ether oxygens (including phenoxy) is 1. The molecule has 0 aliphatic carbocycles. The van der Waals surface area contributed by atoms with E-state index in [0.717, 1.165) is 79.8 Å². The summed E-state index contributed by atoms with van der Waals surface area (Å²) in [5, 5.41) is 19.6. The summed E-state index contributed by atoms with van der Waals surface area (Å²) in [5.74, 6) is 0.972. The Morgan fingerprint density at radius 1 is 0.792 bits per heavy atom. The number of nitrogens with zero attached hydrogens (tertiary/aromatic N) is 3. The van der Waals surface area contributed by atoms with Crippen LogP contribution in [-0.2, 0) is 27.4 Å². The second-order valence-corrected chi connectivity index (χ2v) is 13.3. The van der Waals surface area contributed by atoms with Crippen molar-refractivity contribution in [2.75, 3.05) is 44.3 Å². The SMILES string of the molecule is O=C(CCOC(=O)N(c1ccccc1-c1ccccc1)N1CCCCC1)NCCCCCN(Cc1ccc(O)cc1)C(=O)CCCNCc1ccco1. The molecule has 1 aliphatic rings. The monoisotopic (exact) mass is 723 g/mol. The number of anilines is 1. The standard InChI is InChI=1S/C42H53N5O6/c48-36-22-20-34(21-23-36)33-45(41(50)19-12-25-43-32-37-16-13-30-52-37)27-9-2-8-26-44-40(49)24-31-53-42(51)47(46-28-10-3-11-29-46)39-18-7-6-17-38(39)35-14-4-1-5-15-35/h1,4-7,13-18,20-23,30,43,48H,2-3,8-12,19,24-29,31-33H2,(H,44,49). The fraction of sp³-hybridized carbons (Fsp3) is 0.405. The summed E-state index contributed by atoms with van der Waals surface area (Å²) in [5.41, 5.74) is 3.67. The molecular weight excluding hydrogens is 670 g/mol. The average molecular weight is 724 g/mol. The number of nitrogens with one attached hydrogen (secondary N) is 2. The highest BCUT2D eigenvalue weighted by molar-refractivity contribution is 5.93. The maximum atomic E-state index is 13.6. The Kier molecular flexibility index (Phi) is 15.8. The quantitative estimate of drug-likeness (QED) is 0.0813. The number of hydrazine groups is 1. The van der Waals surface area contributed by atoms with Gasteiger partial charge in [0.2, 0.25) is 11.8 Å². The van der Waals surface area contributed by atoms with Gasteiger partial charge < -0.3 is 29.8 Å². The lowest BCUT2D eigenvalue weighted by atomic mass is 10.0. The number of piperidine rings is 1. The number of hydrogen-bond donors (Lipinski definition) is 3. The minimum Gasteiger partial charge on any atom is -0.508 e. The Labute approximate surface area is 312 Å². The molecule has 0 saturated carbocycles. The molecule has 53 heavy (non-hydrogen) atoms. The van der Waals surface area contributed by atoms with E-state index in [4.69, 9.17) is 9.15 Å². The van der Waals surface area contributed by atoms with Crippen molar-refractivity contribution in [2.24, 2.45) is 0 Å². The van der Waals surface area contributed by atoms with Crippen molar-refractivity contribution >= 4 is 23.6 Å². The highest BCUT2D eigenvalue weighted by Gasteiger charge is 2.28. The van der Waals surface area contributed by atoms with E-state index in [1.165, 1.54) is 0 Å². The number of rotatable bonds is 20. The van der Waals surface area contributed by atoms with Gasteiger partial charge in [0.1, 0.15) is 18.1 Å². The van der Waals surface area contributed by atoms with Crippen LogP contribution in [0.2, 0.25) is 0 Å². The molecule has 3 N–H and O–H groups in total. The van der Waals surface area contributed by atoms with Crippen molar-refractivity contribution in [3.8, 4) is 16.9 Å². The van der Waals surface area contributed by atoms with Gasteiger partial charge in [0.25, 0.3) is 0 Å². The van der Waals surface area contributed by atoms with E-state index >= 15 is 0 Å². The number of aromatic hydroxyl groups is 1. The zero-order chi connectivity index (χ0) is 37.1. The summed E-state index contributed by atoms with van der Waals surface area (Å²) in [7, 11) is 0. The van der Waals surface area contributed by atoms with Crippen LogP contribution in [0.15, 0.2) is 102 Å². The third kappa shape index (κ3) is 12.8. The Morgan fingerprint density at radius 3 is 2.34 bits per heavy atom. The Hall–Kier alpha value is -5.13. The molecule has 0 spiro atoms. The Balaban J connectivity index is 1.03. The number of amides is 3. The van der Waals surface area contributed by atoms with Crippen LogP contribution in [0.1, 0.15) is 69.1 Å². The van der Waals surface area contributed by atoms with Gasteiger partial charge in [-0.15, -0.1) is 0 Å². The fourth-order valence-corrected chi connectivity index (χ4v) is 6.44. The van der Waals surface area contributed by atoms with Crippen molar-refractivity contribution < 1.29 is 28.6 Å². The molecule has 5 rings (SSSR count). The van der Waals surface area contributed by atoms with E-state index in [9.17, 15) is 19.5 Å². The zero-order valence-electron chi connectivity index (χ0n) is 30.6. The van der Waals surface area contributed by atoms with Crippen LogP contribution in [0.3, 0.4) is 0 Å². The van der Waals surface area contributed by atoms with Crippen molar-refractivity contribution in [3.63, 3.8) is 0 Å². The summed E-state index contributed by atoms with van der Waals surface area (Å²) in [4.78, 5) is 41.3. The molecule has 11 nitrogen and oxygen atoms in total. The summed E-state index contributed by atoms with van der Waals surface area (Å²) in [6.45, 7) is 4.41. The van der Waals surface area contributed by atoms with E-state index in [-0.39, 0.29) is 30.6 Å². The second-order valence-electron chi connectivity index (χ2n) is 13.3. The summed E-state index contributed by atoms with van der Waals surface area (Å²) >= 11 is 0. The molecular formula is C42H53N5O6. The molecule has 0 radical (unpaired) electrons. The first kappa shape index (κ1) is 39.1. The smallest absolute Gasteiger partial charge is 0.429 e. The molecule has 1 fully saturated rings. The second kappa shape index (κ2) is 21.4. The van der Waals surface area contributed by atoms with Gasteiger partial charge in [-0.1, -0.05) is 67.1 Å². The first-order chi connectivity index (χ1) is 26.0. The minimum atomic E-state index is -0.486. The number of carbonyl (C=O) groups excluding carboxylic acids is 3.